The Kier molecular flexibility index (Phi) is 4.44. The quantitative estimate of drug-likeness (QED) is 0.862. The maximum atomic E-state index is 3.52. The van der Waals surface area contributed by atoms with Gasteiger partial charge in [0, 0.05) is 51.4 Å². The molecule has 0 spiro atoms. The summed E-state index contributed by atoms with van der Waals surface area (Å²) in [7, 11) is 0. The topological polar surface area (TPSA) is 30.5 Å². The number of benzene rings is 1. The molecule has 4 heteroatoms. The number of hydrazine groups is 1. The molecule has 2 atom stereocenters. The lowest BCUT2D eigenvalue weighted by atomic mass is 10.1. The van der Waals surface area contributed by atoms with Crippen LogP contribution < -0.4 is 10.9 Å². The molecule has 1 saturated carbocycles. The van der Waals surface area contributed by atoms with E-state index in [1.54, 1.807) is 0 Å². The molecule has 0 aromatic heterocycles. The van der Waals surface area contributed by atoms with Crippen LogP contribution in [0.1, 0.15) is 24.8 Å². The Morgan fingerprint density at radius 3 is 2.36 bits per heavy atom. The average Bonchev–Trinajstić information content (AvgIpc) is 3.30. The Bertz CT molecular complexity index is 465. The van der Waals surface area contributed by atoms with Gasteiger partial charge in [0.25, 0.3) is 0 Å². The second kappa shape index (κ2) is 6.67. The van der Waals surface area contributed by atoms with E-state index in [0.29, 0.717) is 6.04 Å². The molecule has 4 nitrogen and oxygen atoms in total. The van der Waals surface area contributed by atoms with Crippen LogP contribution in [0.2, 0.25) is 0 Å². The fourth-order valence-corrected chi connectivity index (χ4v) is 3.86. The van der Waals surface area contributed by atoms with Gasteiger partial charge in [0.2, 0.25) is 0 Å². The summed E-state index contributed by atoms with van der Waals surface area (Å²) in [6.07, 6.45) is 4.18. The molecule has 22 heavy (non-hydrogen) atoms. The normalized spacial score (nSPS) is 30.7. The van der Waals surface area contributed by atoms with Crippen LogP contribution in [-0.2, 0) is 6.54 Å². The number of nitrogens with zero attached hydrogens (tertiary/aromatic N) is 2. The van der Waals surface area contributed by atoms with E-state index >= 15 is 0 Å². The van der Waals surface area contributed by atoms with Crippen molar-refractivity contribution in [1.29, 1.82) is 0 Å². The summed E-state index contributed by atoms with van der Waals surface area (Å²) in [6, 6.07) is 12.2. The van der Waals surface area contributed by atoms with Gasteiger partial charge in [-0.2, -0.15) is 0 Å². The molecule has 3 aliphatic rings. The highest BCUT2D eigenvalue weighted by molar-refractivity contribution is 5.14. The molecule has 2 heterocycles. The van der Waals surface area contributed by atoms with Crippen LogP contribution in [0, 0.1) is 5.92 Å². The summed E-state index contributed by atoms with van der Waals surface area (Å²) in [5.41, 5.74) is 8.47. The molecule has 0 radical (unpaired) electrons. The van der Waals surface area contributed by atoms with Crippen molar-refractivity contribution in [3.8, 4) is 0 Å². The molecule has 2 saturated heterocycles. The zero-order chi connectivity index (χ0) is 14.8. The SMILES string of the molecule is c1ccc(CN2CCN(CC3CC(C4CC4)NN3)CC2)cc1. The Labute approximate surface area is 133 Å². The van der Waals surface area contributed by atoms with E-state index in [-0.39, 0.29) is 0 Å². The molecule has 1 aromatic carbocycles. The van der Waals surface area contributed by atoms with Crippen LogP contribution in [0.3, 0.4) is 0 Å². The summed E-state index contributed by atoms with van der Waals surface area (Å²) in [6.45, 7) is 7.11. The van der Waals surface area contributed by atoms with Crippen molar-refractivity contribution in [2.24, 2.45) is 5.92 Å². The minimum absolute atomic E-state index is 0.645. The first-order chi connectivity index (χ1) is 10.9. The van der Waals surface area contributed by atoms with Gasteiger partial charge >= 0.3 is 0 Å². The number of piperazine rings is 1. The zero-order valence-electron chi connectivity index (χ0n) is 13.4. The third kappa shape index (κ3) is 3.69. The first-order valence-corrected chi connectivity index (χ1v) is 8.86. The van der Waals surface area contributed by atoms with Crippen molar-refractivity contribution in [1.82, 2.24) is 20.7 Å². The molecule has 2 unspecified atom stereocenters. The van der Waals surface area contributed by atoms with E-state index in [1.807, 2.05) is 0 Å². The molecule has 1 aliphatic carbocycles. The third-order valence-corrected chi connectivity index (χ3v) is 5.39. The Hall–Kier alpha value is -0.940. The van der Waals surface area contributed by atoms with E-state index < -0.39 is 0 Å². The monoisotopic (exact) mass is 300 g/mol. The van der Waals surface area contributed by atoms with E-state index in [2.05, 4.69) is 51.0 Å². The largest absolute Gasteiger partial charge is 0.299 e. The first-order valence-electron chi connectivity index (χ1n) is 8.86. The van der Waals surface area contributed by atoms with Gasteiger partial charge in [0.15, 0.2) is 0 Å². The zero-order valence-corrected chi connectivity index (χ0v) is 13.4. The van der Waals surface area contributed by atoms with Crippen molar-refractivity contribution in [2.45, 2.75) is 37.9 Å². The molecule has 2 N–H and O–H groups in total. The molecular formula is C18H28N4. The van der Waals surface area contributed by atoms with E-state index in [1.165, 1.54) is 57.5 Å². The highest BCUT2D eigenvalue weighted by atomic mass is 15.4. The minimum Gasteiger partial charge on any atom is -0.299 e. The lowest BCUT2D eigenvalue weighted by Crippen LogP contribution is -2.50. The molecule has 0 amide bonds. The standard InChI is InChI=1S/C18H28N4/c1-2-4-15(5-3-1)13-21-8-10-22(11-9-21)14-17-12-18(20-19-17)16-6-7-16/h1-5,16-20H,6-14H2. The summed E-state index contributed by atoms with van der Waals surface area (Å²) < 4.78 is 0. The average molecular weight is 300 g/mol. The fourth-order valence-electron chi connectivity index (χ4n) is 3.86. The summed E-state index contributed by atoms with van der Waals surface area (Å²) in [5.74, 6) is 0.959. The highest BCUT2D eigenvalue weighted by Crippen LogP contribution is 2.35. The van der Waals surface area contributed by atoms with Crippen molar-refractivity contribution in [3.63, 3.8) is 0 Å². The van der Waals surface area contributed by atoms with Crippen molar-refractivity contribution < 1.29 is 0 Å². The summed E-state index contributed by atoms with van der Waals surface area (Å²) >= 11 is 0. The lowest BCUT2D eigenvalue weighted by Gasteiger charge is -2.35. The second-order valence-corrected chi connectivity index (χ2v) is 7.23. The molecular weight excluding hydrogens is 272 g/mol. The van der Waals surface area contributed by atoms with E-state index in [0.717, 1.165) is 18.5 Å². The van der Waals surface area contributed by atoms with E-state index in [9.17, 15) is 0 Å². The maximum absolute atomic E-state index is 3.52. The van der Waals surface area contributed by atoms with Crippen LogP contribution in [0.4, 0.5) is 0 Å². The van der Waals surface area contributed by atoms with Gasteiger partial charge in [-0.1, -0.05) is 30.3 Å². The fraction of sp³-hybridized carbons (Fsp3) is 0.667. The lowest BCUT2D eigenvalue weighted by molar-refractivity contribution is 0.119. The number of hydrogen-bond donors (Lipinski definition) is 2. The Balaban J connectivity index is 1.19. The number of rotatable bonds is 5. The predicted molar refractivity (Wildman–Crippen MR) is 89.3 cm³/mol. The Morgan fingerprint density at radius 1 is 0.909 bits per heavy atom. The van der Waals surface area contributed by atoms with Crippen molar-refractivity contribution in [2.75, 3.05) is 32.7 Å². The summed E-state index contributed by atoms with van der Waals surface area (Å²) in [5, 5.41) is 0. The van der Waals surface area contributed by atoms with Gasteiger partial charge in [-0.15, -0.1) is 0 Å². The van der Waals surface area contributed by atoms with Gasteiger partial charge in [-0.25, -0.2) is 0 Å². The van der Waals surface area contributed by atoms with Gasteiger partial charge < -0.3 is 0 Å². The van der Waals surface area contributed by atoms with Crippen molar-refractivity contribution in [3.05, 3.63) is 35.9 Å². The van der Waals surface area contributed by atoms with Crippen LogP contribution >= 0.6 is 0 Å². The Morgan fingerprint density at radius 2 is 1.64 bits per heavy atom. The first kappa shape index (κ1) is 14.6. The van der Waals surface area contributed by atoms with Crippen LogP contribution in [0.15, 0.2) is 30.3 Å². The summed E-state index contributed by atoms with van der Waals surface area (Å²) in [4.78, 5) is 5.22. The van der Waals surface area contributed by atoms with Crippen LogP contribution in [-0.4, -0.2) is 54.6 Å². The van der Waals surface area contributed by atoms with Crippen LogP contribution in [0.25, 0.3) is 0 Å². The van der Waals surface area contributed by atoms with Gasteiger partial charge in [0.1, 0.15) is 0 Å². The third-order valence-electron chi connectivity index (χ3n) is 5.39. The maximum Gasteiger partial charge on any atom is 0.0355 e. The van der Waals surface area contributed by atoms with Gasteiger partial charge in [0.05, 0.1) is 0 Å². The molecule has 1 aromatic rings. The number of nitrogens with one attached hydrogen (secondary N) is 2. The highest BCUT2D eigenvalue weighted by Gasteiger charge is 2.37. The molecule has 0 bridgehead atoms. The number of hydrogen-bond acceptors (Lipinski definition) is 4. The van der Waals surface area contributed by atoms with E-state index in [4.69, 9.17) is 0 Å². The van der Waals surface area contributed by atoms with Crippen molar-refractivity contribution >= 4 is 0 Å². The predicted octanol–water partition coefficient (Wildman–Crippen LogP) is 1.45. The molecule has 120 valence electrons. The van der Waals surface area contributed by atoms with Crippen LogP contribution in [0.5, 0.6) is 0 Å². The van der Waals surface area contributed by atoms with Gasteiger partial charge in [-0.3, -0.25) is 20.7 Å². The minimum atomic E-state index is 0.645. The van der Waals surface area contributed by atoms with Gasteiger partial charge in [-0.05, 0) is 30.7 Å². The molecule has 2 aliphatic heterocycles. The molecule has 4 rings (SSSR count). The second-order valence-electron chi connectivity index (χ2n) is 7.23. The smallest absolute Gasteiger partial charge is 0.0355 e. The molecule has 3 fully saturated rings.